The van der Waals surface area contributed by atoms with Gasteiger partial charge in [-0.3, -0.25) is 4.79 Å². The zero-order valence-electron chi connectivity index (χ0n) is 18.5. The molecular weight excluding hydrogens is 400 g/mol. The Balaban J connectivity index is 2.32. The second-order valence-corrected chi connectivity index (χ2v) is 8.40. The standard InChI is InChI=1S/C23H31ClN4O2/c1-15(2)25-23(30)28(16(3)4)14-17-13-18(11-12-21(17)27(5)6)26-22(29)19-9-7-8-10-20(19)24/h7-13,15-16H,14H2,1-6H3,(H,25,30)(H,26,29). The highest BCUT2D eigenvalue weighted by molar-refractivity contribution is 6.34. The quantitative estimate of drug-likeness (QED) is 0.650. The summed E-state index contributed by atoms with van der Waals surface area (Å²) in [6, 6.07) is 12.6. The van der Waals surface area contributed by atoms with Gasteiger partial charge in [-0.25, -0.2) is 4.79 Å². The predicted molar refractivity (Wildman–Crippen MR) is 125 cm³/mol. The van der Waals surface area contributed by atoms with Gasteiger partial charge in [-0.2, -0.15) is 0 Å². The second kappa shape index (κ2) is 10.3. The highest BCUT2D eigenvalue weighted by atomic mass is 35.5. The summed E-state index contributed by atoms with van der Waals surface area (Å²) in [5.74, 6) is -0.276. The molecule has 0 spiro atoms. The molecule has 0 bridgehead atoms. The molecule has 2 rings (SSSR count). The summed E-state index contributed by atoms with van der Waals surface area (Å²) in [7, 11) is 3.91. The summed E-state index contributed by atoms with van der Waals surface area (Å²) in [6.07, 6.45) is 0. The summed E-state index contributed by atoms with van der Waals surface area (Å²) in [6.45, 7) is 8.26. The Bertz CT molecular complexity index is 897. The van der Waals surface area contributed by atoms with Crippen LogP contribution < -0.4 is 15.5 Å². The van der Waals surface area contributed by atoms with Gasteiger partial charge in [-0.05, 0) is 63.6 Å². The molecule has 0 saturated heterocycles. The van der Waals surface area contributed by atoms with Crippen LogP contribution in [0.15, 0.2) is 42.5 Å². The van der Waals surface area contributed by atoms with E-state index in [0.29, 0.717) is 22.8 Å². The zero-order valence-corrected chi connectivity index (χ0v) is 19.2. The Labute approximate surface area is 184 Å². The Morgan fingerprint density at radius 1 is 1.03 bits per heavy atom. The van der Waals surface area contributed by atoms with Crippen LogP contribution in [0, 0.1) is 0 Å². The number of amides is 3. The van der Waals surface area contributed by atoms with E-state index < -0.39 is 0 Å². The van der Waals surface area contributed by atoms with E-state index in [2.05, 4.69) is 10.6 Å². The van der Waals surface area contributed by atoms with Gasteiger partial charge in [0.05, 0.1) is 10.6 Å². The SMILES string of the molecule is CC(C)NC(=O)N(Cc1cc(NC(=O)c2ccccc2Cl)ccc1N(C)C)C(C)C. The Kier molecular flexibility index (Phi) is 8.12. The van der Waals surface area contributed by atoms with Crippen molar-refractivity contribution in [1.82, 2.24) is 10.2 Å². The highest BCUT2D eigenvalue weighted by Gasteiger charge is 2.20. The van der Waals surface area contributed by atoms with Gasteiger partial charge in [0, 0.05) is 44.1 Å². The fourth-order valence-electron chi connectivity index (χ4n) is 3.07. The number of halogens is 1. The monoisotopic (exact) mass is 430 g/mol. The summed E-state index contributed by atoms with van der Waals surface area (Å²) in [4.78, 5) is 29.1. The number of nitrogens with zero attached hydrogens (tertiary/aromatic N) is 2. The van der Waals surface area contributed by atoms with Gasteiger partial charge in [0.25, 0.3) is 5.91 Å². The molecular formula is C23H31ClN4O2. The summed E-state index contributed by atoms with van der Waals surface area (Å²) in [5, 5.41) is 6.26. The molecule has 0 unspecified atom stereocenters. The Morgan fingerprint density at radius 2 is 1.70 bits per heavy atom. The van der Waals surface area contributed by atoms with Crippen LogP contribution in [0.3, 0.4) is 0 Å². The van der Waals surface area contributed by atoms with Gasteiger partial charge < -0.3 is 20.4 Å². The van der Waals surface area contributed by atoms with Crippen molar-refractivity contribution in [3.8, 4) is 0 Å². The molecule has 7 heteroatoms. The number of rotatable bonds is 7. The molecule has 0 aliphatic heterocycles. The number of anilines is 2. The molecule has 6 nitrogen and oxygen atoms in total. The van der Waals surface area contributed by atoms with Gasteiger partial charge in [0.2, 0.25) is 0 Å². The molecule has 2 aromatic carbocycles. The lowest BCUT2D eigenvalue weighted by atomic mass is 10.1. The van der Waals surface area contributed by atoms with Gasteiger partial charge in [0.1, 0.15) is 0 Å². The average Bonchev–Trinajstić information content (AvgIpc) is 2.65. The van der Waals surface area contributed by atoms with Crippen molar-refractivity contribution in [2.24, 2.45) is 0 Å². The van der Waals surface area contributed by atoms with Gasteiger partial charge >= 0.3 is 6.03 Å². The van der Waals surface area contributed by atoms with Crippen LogP contribution in [-0.2, 0) is 6.54 Å². The third-order valence-electron chi connectivity index (χ3n) is 4.57. The topological polar surface area (TPSA) is 64.7 Å². The molecule has 2 N–H and O–H groups in total. The van der Waals surface area contributed by atoms with Crippen molar-refractivity contribution in [2.45, 2.75) is 46.3 Å². The molecule has 0 atom stereocenters. The van der Waals surface area contributed by atoms with Crippen LogP contribution in [-0.4, -0.2) is 43.0 Å². The number of hydrogen-bond acceptors (Lipinski definition) is 3. The molecule has 0 fully saturated rings. The fraction of sp³-hybridized carbons (Fsp3) is 0.391. The maximum absolute atomic E-state index is 12.7. The summed E-state index contributed by atoms with van der Waals surface area (Å²) >= 11 is 6.14. The lowest BCUT2D eigenvalue weighted by Gasteiger charge is -2.30. The van der Waals surface area contributed by atoms with E-state index in [1.807, 2.05) is 64.9 Å². The van der Waals surface area contributed by atoms with E-state index in [1.54, 1.807) is 29.2 Å². The molecule has 162 valence electrons. The van der Waals surface area contributed by atoms with Crippen LogP contribution >= 0.6 is 11.6 Å². The highest BCUT2D eigenvalue weighted by Crippen LogP contribution is 2.26. The third-order valence-corrected chi connectivity index (χ3v) is 4.90. The normalized spacial score (nSPS) is 10.8. The van der Waals surface area contributed by atoms with Crippen LogP contribution in [0.25, 0.3) is 0 Å². The van der Waals surface area contributed by atoms with Crippen molar-refractivity contribution >= 4 is 34.9 Å². The van der Waals surface area contributed by atoms with Crippen molar-refractivity contribution in [3.63, 3.8) is 0 Å². The number of benzene rings is 2. The molecule has 0 radical (unpaired) electrons. The van der Waals surface area contributed by atoms with Crippen molar-refractivity contribution in [2.75, 3.05) is 24.3 Å². The van der Waals surface area contributed by atoms with Gasteiger partial charge in [0.15, 0.2) is 0 Å². The van der Waals surface area contributed by atoms with E-state index in [1.165, 1.54) is 0 Å². The first-order chi connectivity index (χ1) is 14.1. The minimum Gasteiger partial charge on any atom is -0.377 e. The molecule has 3 amide bonds. The van der Waals surface area contributed by atoms with Crippen LogP contribution in [0.1, 0.15) is 43.6 Å². The second-order valence-electron chi connectivity index (χ2n) is 8.00. The van der Waals surface area contributed by atoms with Crippen molar-refractivity contribution < 1.29 is 9.59 Å². The fourth-order valence-corrected chi connectivity index (χ4v) is 3.29. The zero-order chi connectivity index (χ0) is 22.4. The van der Waals surface area contributed by atoms with Gasteiger partial charge in [-0.15, -0.1) is 0 Å². The maximum Gasteiger partial charge on any atom is 0.318 e. The largest absolute Gasteiger partial charge is 0.377 e. The van der Waals surface area contributed by atoms with Crippen LogP contribution in [0.4, 0.5) is 16.2 Å². The molecule has 0 aromatic heterocycles. The summed E-state index contributed by atoms with van der Waals surface area (Å²) < 4.78 is 0. The molecule has 2 aromatic rings. The number of urea groups is 1. The Hall–Kier alpha value is -2.73. The first kappa shape index (κ1) is 23.5. The van der Waals surface area contributed by atoms with E-state index >= 15 is 0 Å². The summed E-state index contributed by atoms with van der Waals surface area (Å²) in [5.41, 5.74) is 2.98. The minimum absolute atomic E-state index is 0.0140. The van der Waals surface area contributed by atoms with Gasteiger partial charge in [-0.1, -0.05) is 23.7 Å². The van der Waals surface area contributed by atoms with E-state index in [4.69, 9.17) is 11.6 Å². The van der Waals surface area contributed by atoms with E-state index in [9.17, 15) is 9.59 Å². The minimum atomic E-state index is -0.276. The molecule has 0 heterocycles. The third kappa shape index (κ3) is 6.13. The molecule has 0 aliphatic rings. The first-order valence-electron chi connectivity index (χ1n) is 10.0. The predicted octanol–water partition coefficient (Wildman–Crippen LogP) is 4.99. The Morgan fingerprint density at radius 3 is 2.27 bits per heavy atom. The van der Waals surface area contributed by atoms with Crippen molar-refractivity contribution in [3.05, 3.63) is 58.6 Å². The first-order valence-corrected chi connectivity index (χ1v) is 10.4. The van der Waals surface area contributed by atoms with E-state index in [0.717, 1.165) is 11.3 Å². The molecule has 0 aliphatic carbocycles. The lowest BCUT2D eigenvalue weighted by molar-refractivity contribution is 0.102. The van der Waals surface area contributed by atoms with Crippen molar-refractivity contribution in [1.29, 1.82) is 0 Å². The lowest BCUT2D eigenvalue weighted by Crippen LogP contribution is -2.45. The number of carbonyl (C=O) groups is 2. The maximum atomic E-state index is 12.7. The average molecular weight is 431 g/mol. The number of carbonyl (C=O) groups excluding carboxylic acids is 2. The smallest absolute Gasteiger partial charge is 0.318 e. The van der Waals surface area contributed by atoms with E-state index in [-0.39, 0.29) is 24.0 Å². The van der Waals surface area contributed by atoms with Crippen LogP contribution in [0.2, 0.25) is 5.02 Å². The number of nitrogens with one attached hydrogen (secondary N) is 2. The molecule has 30 heavy (non-hydrogen) atoms. The molecule has 0 saturated carbocycles. The number of hydrogen-bond donors (Lipinski definition) is 2. The van der Waals surface area contributed by atoms with Crippen LogP contribution in [0.5, 0.6) is 0 Å².